The van der Waals surface area contributed by atoms with Crippen molar-refractivity contribution < 1.29 is 13.2 Å². The highest BCUT2D eigenvalue weighted by atomic mass is 19.4. The summed E-state index contributed by atoms with van der Waals surface area (Å²) in [6.07, 6.45) is -1.39. The van der Waals surface area contributed by atoms with Crippen LogP contribution in [0.2, 0.25) is 0 Å². The summed E-state index contributed by atoms with van der Waals surface area (Å²) in [4.78, 5) is 1.54. The van der Waals surface area contributed by atoms with Crippen LogP contribution in [0.5, 0.6) is 0 Å². The second-order valence-electron chi connectivity index (χ2n) is 4.13. The number of hydrogen-bond acceptors (Lipinski definition) is 2. The average Bonchev–Trinajstić information content (AvgIpc) is 2.60. The fourth-order valence-electron chi connectivity index (χ4n) is 2.28. The van der Waals surface area contributed by atoms with Gasteiger partial charge in [-0.3, -0.25) is 4.90 Å². The molecule has 5 heteroatoms. The van der Waals surface area contributed by atoms with E-state index in [2.05, 4.69) is 5.32 Å². The molecule has 2 nitrogen and oxygen atoms in total. The molecule has 0 aromatic carbocycles. The Morgan fingerprint density at radius 1 is 1.33 bits per heavy atom. The largest absolute Gasteiger partial charge is 0.401 e. The molecule has 1 saturated carbocycles. The molecule has 1 rings (SSSR count). The molecule has 0 aromatic rings. The van der Waals surface area contributed by atoms with E-state index in [1.807, 2.05) is 7.05 Å². The first-order valence-electron chi connectivity index (χ1n) is 5.44. The zero-order valence-corrected chi connectivity index (χ0v) is 9.27. The van der Waals surface area contributed by atoms with Crippen molar-refractivity contribution in [3.05, 3.63) is 0 Å². The minimum atomic E-state index is -4.08. The maximum absolute atomic E-state index is 12.3. The summed E-state index contributed by atoms with van der Waals surface area (Å²) in [6, 6.07) is 0.478. The van der Waals surface area contributed by atoms with E-state index in [4.69, 9.17) is 0 Å². The summed E-state index contributed by atoms with van der Waals surface area (Å²) in [7, 11) is 1.87. The summed E-state index contributed by atoms with van der Waals surface area (Å²) in [6.45, 7) is 1.49. The molecule has 0 bridgehead atoms. The van der Waals surface area contributed by atoms with Crippen molar-refractivity contribution in [1.82, 2.24) is 10.2 Å². The van der Waals surface area contributed by atoms with Crippen molar-refractivity contribution in [2.45, 2.75) is 44.4 Å². The molecule has 1 fully saturated rings. The van der Waals surface area contributed by atoms with Crippen LogP contribution in [-0.2, 0) is 0 Å². The van der Waals surface area contributed by atoms with Crippen LogP contribution >= 0.6 is 0 Å². The Morgan fingerprint density at radius 2 is 2.00 bits per heavy atom. The van der Waals surface area contributed by atoms with Gasteiger partial charge in [0.15, 0.2) is 0 Å². The molecule has 1 aliphatic carbocycles. The van der Waals surface area contributed by atoms with Gasteiger partial charge in [0.05, 0.1) is 6.54 Å². The van der Waals surface area contributed by atoms with Crippen molar-refractivity contribution in [3.63, 3.8) is 0 Å². The first kappa shape index (κ1) is 12.8. The molecule has 0 aliphatic heterocycles. The van der Waals surface area contributed by atoms with E-state index in [1.165, 1.54) is 4.90 Å². The molecule has 1 aliphatic rings. The van der Waals surface area contributed by atoms with Gasteiger partial charge < -0.3 is 5.32 Å². The Bertz CT molecular complexity index is 194. The Labute approximate surface area is 88.8 Å². The third kappa shape index (κ3) is 3.99. The highest BCUT2D eigenvalue weighted by Gasteiger charge is 2.35. The number of hydrogen-bond donors (Lipinski definition) is 1. The fraction of sp³-hybridized carbons (Fsp3) is 1.00. The van der Waals surface area contributed by atoms with Crippen LogP contribution in [0.15, 0.2) is 0 Å². The summed E-state index contributed by atoms with van der Waals surface area (Å²) in [5.41, 5.74) is 0. The molecular formula is C10H19F3N2. The number of alkyl halides is 3. The third-order valence-electron chi connectivity index (χ3n) is 3.12. The van der Waals surface area contributed by atoms with Crippen molar-refractivity contribution in [3.8, 4) is 0 Å². The highest BCUT2D eigenvalue weighted by molar-refractivity contribution is 4.86. The van der Waals surface area contributed by atoms with E-state index < -0.39 is 12.7 Å². The lowest BCUT2D eigenvalue weighted by Crippen LogP contribution is -2.41. The second kappa shape index (κ2) is 5.16. The van der Waals surface area contributed by atoms with E-state index in [0.717, 1.165) is 19.3 Å². The first-order chi connectivity index (χ1) is 6.96. The number of rotatable bonds is 4. The first-order valence-corrected chi connectivity index (χ1v) is 5.44. The SMILES string of the molecule is CCN(CC(F)(F)F)C1CCC(NC)C1. The van der Waals surface area contributed by atoms with E-state index in [9.17, 15) is 13.2 Å². The lowest BCUT2D eigenvalue weighted by molar-refractivity contribution is -0.150. The zero-order chi connectivity index (χ0) is 11.5. The minimum absolute atomic E-state index is 0.0917. The topological polar surface area (TPSA) is 15.3 Å². The number of nitrogens with zero attached hydrogens (tertiary/aromatic N) is 1. The van der Waals surface area contributed by atoms with Crippen LogP contribution in [-0.4, -0.2) is 43.3 Å². The Hall–Kier alpha value is -0.290. The highest BCUT2D eigenvalue weighted by Crippen LogP contribution is 2.26. The maximum atomic E-state index is 12.3. The van der Waals surface area contributed by atoms with Gasteiger partial charge in [-0.05, 0) is 32.9 Å². The van der Waals surface area contributed by atoms with Crippen molar-refractivity contribution in [2.75, 3.05) is 20.1 Å². The van der Waals surface area contributed by atoms with Crippen molar-refractivity contribution in [1.29, 1.82) is 0 Å². The minimum Gasteiger partial charge on any atom is -0.317 e. The van der Waals surface area contributed by atoms with Crippen LogP contribution in [0.25, 0.3) is 0 Å². The monoisotopic (exact) mass is 224 g/mol. The average molecular weight is 224 g/mol. The molecule has 0 saturated heterocycles. The molecule has 0 heterocycles. The number of nitrogens with one attached hydrogen (secondary N) is 1. The van der Waals surface area contributed by atoms with Gasteiger partial charge in [-0.2, -0.15) is 13.2 Å². The van der Waals surface area contributed by atoms with Gasteiger partial charge in [0, 0.05) is 12.1 Å². The predicted octanol–water partition coefficient (Wildman–Crippen LogP) is 2.01. The molecule has 2 atom stereocenters. The van der Waals surface area contributed by atoms with E-state index in [0.29, 0.717) is 12.6 Å². The lowest BCUT2D eigenvalue weighted by atomic mass is 10.2. The molecule has 90 valence electrons. The molecule has 0 aromatic heterocycles. The van der Waals surface area contributed by atoms with Gasteiger partial charge in [-0.25, -0.2) is 0 Å². The predicted molar refractivity (Wildman–Crippen MR) is 53.8 cm³/mol. The van der Waals surface area contributed by atoms with E-state index in [-0.39, 0.29) is 6.04 Å². The van der Waals surface area contributed by atoms with Crippen LogP contribution in [0.4, 0.5) is 13.2 Å². The Balaban J connectivity index is 2.46. The van der Waals surface area contributed by atoms with Gasteiger partial charge in [0.2, 0.25) is 0 Å². The third-order valence-corrected chi connectivity index (χ3v) is 3.12. The van der Waals surface area contributed by atoms with E-state index >= 15 is 0 Å². The van der Waals surface area contributed by atoms with Crippen molar-refractivity contribution in [2.24, 2.45) is 0 Å². The van der Waals surface area contributed by atoms with Crippen LogP contribution in [0.1, 0.15) is 26.2 Å². The quantitative estimate of drug-likeness (QED) is 0.786. The molecule has 0 radical (unpaired) electrons. The van der Waals surface area contributed by atoms with Gasteiger partial charge >= 0.3 is 6.18 Å². The maximum Gasteiger partial charge on any atom is 0.401 e. The molecular weight excluding hydrogens is 205 g/mol. The standard InChI is InChI=1S/C10H19F3N2/c1-3-15(7-10(11,12)13)9-5-4-8(6-9)14-2/h8-9,14H,3-7H2,1-2H3. The zero-order valence-electron chi connectivity index (χ0n) is 9.27. The molecule has 2 unspecified atom stereocenters. The van der Waals surface area contributed by atoms with Gasteiger partial charge in [-0.15, -0.1) is 0 Å². The number of halogens is 3. The summed E-state index contributed by atoms with van der Waals surface area (Å²) in [5, 5.41) is 3.13. The molecule has 1 N–H and O–H groups in total. The van der Waals surface area contributed by atoms with Crippen LogP contribution in [0, 0.1) is 0 Å². The normalized spacial score (nSPS) is 27.6. The summed E-state index contributed by atoms with van der Waals surface area (Å²) in [5.74, 6) is 0. The van der Waals surface area contributed by atoms with Crippen molar-refractivity contribution >= 4 is 0 Å². The smallest absolute Gasteiger partial charge is 0.317 e. The molecule has 0 amide bonds. The van der Waals surface area contributed by atoms with Gasteiger partial charge in [-0.1, -0.05) is 6.92 Å². The van der Waals surface area contributed by atoms with Crippen LogP contribution < -0.4 is 5.32 Å². The fourth-order valence-corrected chi connectivity index (χ4v) is 2.28. The lowest BCUT2D eigenvalue weighted by Gasteiger charge is -2.28. The van der Waals surface area contributed by atoms with E-state index in [1.54, 1.807) is 6.92 Å². The Kier molecular flexibility index (Phi) is 4.40. The summed E-state index contributed by atoms with van der Waals surface area (Å²) >= 11 is 0. The summed E-state index contributed by atoms with van der Waals surface area (Å²) < 4.78 is 36.8. The van der Waals surface area contributed by atoms with Gasteiger partial charge in [0.25, 0.3) is 0 Å². The second-order valence-corrected chi connectivity index (χ2v) is 4.13. The van der Waals surface area contributed by atoms with Crippen LogP contribution in [0.3, 0.4) is 0 Å². The van der Waals surface area contributed by atoms with Gasteiger partial charge in [0.1, 0.15) is 0 Å². The molecule has 15 heavy (non-hydrogen) atoms. The molecule has 0 spiro atoms. The Morgan fingerprint density at radius 3 is 2.40 bits per heavy atom.